The fourth-order valence-electron chi connectivity index (χ4n) is 4.14. The van der Waals surface area contributed by atoms with Crippen molar-refractivity contribution < 1.29 is 17.9 Å². The molecule has 0 N–H and O–H groups in total. The van der Waals surface area contributed by atoms with Crippen LogP contribution in [0, 0.1) is 0 Å². The first-order chi connectivity index (χ1) is 17.5. The quantitative estimate of drug-likeness (QED) is 0.363. The number of morpholine rings is 1. The normalized spacial score (nSPS) is 14.7. The van der Waals surface area contributed by atoms with E-state index in [0.29, 0.717) is 37.0 Å². The van der Waals surface area contributed by atoms with Gasteiger partial charge in [0.1, 0.15) is 0 Å². The zero-order valence-electron chi connectivity index (χ0n) is 19.8. The number of hydrogen-bond donors (Lipinski definition) is 0. The number of aryl methyl sites for hydroxylation is 1. The lowest BCUT2D eigenvalue weighted by molar-refractivity contribution is 0.0730. The molecule has 1 saturated heterocycles. The molecule has 0 saturated carbocycles. The van der Waals surface area contributed by atoms with Crippen molar-refractivity contribution in [1.82, 2.24) is 14.3 Å². The van der Waals surface area contributed by atoms with Crippen molar-refractivity contribution in [3.63, 3.8) is 0 Å². The maximum atomic E-state index is 13.7. The van der Waals surface area contributed by atoms with Crippen LogP contribution in [0.3, 0.4) is 0 Å². The Labute approximate surface area is 214 Å². The highest BCUT2D eigenvalue weighted by Crippen LogP contribution is 2.33. The maximum Gasteiger partial charge on any atom is 0.260 e. The van der Waals surface area contributed by atoms with Crippen molar-refractivity contribution in [3.05, 3.63) is 83.7 Å². The van der Waals surface area contributed by atoms with Gasteiger partial charge in [-0.15, -0.1) is 0 Å². The molecule has 0 spiro atoms. The van der Waals surface area contributed by atoms with Gasteiger partial charge in [-0.05, 0) is 54.4 Å². The number of nitrogens with zero attached hydrogens (tertiary/aromatic N) is 4. The Bertz CT molecular complexity index is 1470. The number of anilines is 1. The van der Waals surface area contributed by atoms with E-state index in [1.807, 2.05) is 36.4 Å². The molecule has 5 rings (SSSR count). The molecule has 0 bridgehead atoms. The van der Waals surface area contributed by atoms with Gasteiger partial charge in [0.05, 0.1) is 40.6 Å². The number of thiazole rings is 1. The lowest BCUT2D eigenvalue weighted by Crippen LogP contribution is -2.40. The monoisotopic (exact) mass is 522 g/mol. The Morgan fingerprint density at radius 3 is 2.53 bits per heavy atom. The van der Waals surface area contributed by atoms with E-state index in [4.69, 9.17) is 9.72 Å². The van der Waals surface area contributed by atoms with E-state index < -0.39 is 10.0 Å². The van der Waals surface area contributed by atoms with Crippen LogP contribution in [0.4, 0.5) is 5.13 Å². The third-order valence-corrected chi connectivity index (χ3v) is 9.06. The topological polar surface area (TPSA) is 92.7 Å². The number of carbonyl (C=O) groups is 1. The molecule has 3 heterocycles. The van der Waals surface area contributed by atoms with Gasteiger partial charge in [-0.3, -0.25) is 14.7 Å². The second-order valence-electron chi connectivity index (χ2n) is 8.37. The van der Waals surface area contributed by atoms with E-state index in [2.05, 4.69) is 11.9 Å². The highest BCUT2D eigenvalue weighted by Gasteiger charge is 2.27. The number of sulfonamides is 1. The summed E-state index contributed by atoms with van der Waals surface area (Å²) in [4.78, 5) is 24.7. The van der Waals surface area contributed by atoms with Gasteiger partial charge in [0.25, 0.3) is 5.91 Å². The number of para-hydroxylation sites is 1. The van der Waals surface area contributed by atoms with Crippen LogP contribution in [0.25, 0.3) is 10.2 Å². The smallest absolute Gasteiger partial charge is 0.260 e. The number of aromatic nitrogens is 2. The number of ether oxygens (including phenoxy) is 1. The second kappa shape index (κ2) is 10.4. The van der Waals surface area contributed by atoms with Gasteiger partial charge in [-0.25, -0.2) is 13.4 Å². The average Bonchev–Trinajstić information content (AvgIpc) is 3.37. The Morgan fingerprint density at radius 2 is 1.83 bits per heavy atom. The Hall–Kier alpha value is -3.18. The standard InChI is InChI=1S/C26H26N4O4S2/c1-2-19-6-5-8-23-24(19)28-26(35-23)30(18-21-7-3-4-13-27-21)25(31)20-9-11-22(12-10-20)36(32,33)29-14-16-34-17-15-29/h3-13H,2,14-18H2,1H3. The van der Waals surface area contributed by atoms with Crippen LogP contribution in [0.1, 0.15) is 28.5 Å². The fraction of sp³-hybridized carbons (Fsp3) is 0.269. The van der Waals surface area contributed by atoms with Gasteiger partial charge in [-0.1, -0.05) is 36.5 Å². The number of fused-ring (bicyclic) bond motifs is 1. The van der Waals surface area contributed by atoms with E-state index in [0.717, 1.165) is 27.9 Å². The molecule has 1 amide bonds. The predicted molar refractivity (Wildman–Crippen MR) is 140 cm³/mol. The molecule has 1 fully saturated rings. The van der Waals surface area contributed by atoms with Crippen molar-refractivity contribution in [2.24, 2.45) is 0 Å². The van der Waals surface area contributed by atoms with Gasteiger partial charge < -0.3 is 4.74 Å². The number of amides is 1. The summed E-state index contributed by atoms with van der Waals surface area (Å²) in [6, 6.07) is 17.7. The Morgan fingerprint density at radius 1 is 1.06 bits per heavy atom. The van der Waals surface area contributed by atoms with Gasteiger partial charge in [0.15, 0.2) is 5.13 Å². The van der Waals surface area contributed by atoms with E-state index >= 15 is 0 Å². The lowest BCUT2D eigenvalue weighted by atomic mass is 10.1. The van der Waals surface area contributed by atoms with E-state index in [9.17, 15) is 13.2 Å². The Kier molecular flexibility index (Phi) is 7.10. The third-order valence-electron chi connectivity index (χ3n) is 6.10. The Balaban J connectivity index is 1.48. The number of carbonyl (C=O) groups excluding carboxylic acids is 1. The van der Waals surface area contributed by atoms with Crippen LogP contribution < -0.4 is 4.90 Å². The van der Waals surface area contributed by atoms with Crippen LogP contribution in [-0.4, -0.2) is 54.9 Å². The molecule has 36 heavy (non-hydrogen) atoms. The van der Waals surface area contributed by atoms with Crippen LogP contribution in [0.15, 0.2) is 71.8 Å². The summed E-state index contributed by atoms with van der Waals surface area (Å²) >= 11 is 1.46. The second-order valence-corrected chi connectivity index (χ2v) is 11.3. The first kappa shape index (κ1) is 24.5. The highest BCUT2D eigenvalue weighted by atomic mass is 32.2. The minimum absolute atomic E-state index is 0.157. The van der Waals surface area contributed by atoms with Gasteiger partial charge in [0, 0.05) is 24.8 Å². The molecule has 0 atom stereocenters. The third kappa shape index (κ3) is 4.90. The van der Waals surface area contributed by atoms with Crippen molar-refractivity contribution in [1.29, 1.82) is 0 Å². The molecule has 2 aromatic heterocycles. The van der Waals surface area contributed by atoms with Gasteiger partial charge in [0.2, 0.25) is 10.0 Å². The molecule has 0 aliphatic carbocycles. The largest absolute Gasteiger partial charge is 0.379 e. The van der Waals surface area contributed by atoms with Gasteiger partial charge >= 0.3 is 0 Å². The lowest BCUT2D eigenvalue weighted by Gasteiger charge is -2.26. The molecule has 0 unspecified atom stereocenters. The van der Waals surface area contributed by atoms with Gasteiger partial charge in [-0.2, -0.15) is 4.31 Å². The van der Waals surface area contributed by atoms with Crippen LogP contribution in [-0.2, 0) is 27.7 Å². The van der Waals surface area contributed by atoms with Crippen molar-refractivity contribution in [3.8, 4) is 0 Å². The highest BCUT2D eigenvalue weighted by molar-refractivity contribution is 7.89. The zero-order valence-corrected chi connectivity index (χ0v) is 21.5. The van der Waals surface area contributed by atoms with Crippen molar-refractivity contribution in [2.75, 3.05) is 31.2 Å². The van der Waals surface area contributed by atoms with Crippen LogP contribution >= 0.6 is 11.3 Å². The molecule has 2 aromatic carbocycles. The van der Waals surface area contributed by atoms with E-state index in [-0.39, 0.29) is 17.3 Å². The average molecular weight is 523 g/mol. The summed E-state index contributed by atoms with van der Waals surface area (Å²) in [6.07, 6.45) is 2.53. The predicted octanol–water partition coefficient (Wildman–Crippen LogP) is 4.12. The molecule has 8 nitrogen and oxygen atoms in total. The van der Waals surface area contributed by atoms with E-state index in [1.54, 1.807) is 23.2 Å². The number of hydrogen-bond acceptors (Lipinski definition) is 7. The SMILES string of the molecule is CCc1cccc2sc(N(Cc3ccccn3)C(=O)c3ccc(S(=O)(=O)N4CCOCC4)cc3)nc12. The summed E-state index contributed by atoms with van der Waals surface area (Å²) in [5.74, 6) is -0.270. The molecular formula is C26H26N4O4S2. The van der Waals surface area contributed by atoms with Crippen LogP contribution in [0.2, 0.25) is 0 Å². The molecule has 1 aliphatic heterocycles. The number of pyridine rings is 1. The van der Waals surface area contributed by atoms with Crippen molar-refractivity contribution >= 4 is 42.6 Å². The van der Waals surface area contributed by atoms with E-state index in [1.165, 1.54) is 27.8 Å². The first-order valence-corrected chi connectivity index (χ1v) is 14.0. The molecule has 1 aliphatic rings. The summed E-state index contributed by atoms with van der Waals surface area (Å²) in [6.45, 7) is 3.71. The summed E-state index contributed by atoms with van der Waals surface area (Å²) in [5, 5.41) is 0.576. The number of rotatable bonds is 7. The van der Waals surface area contributed by atoms with Crippen LogP contribution in [0.5, 0.6) is 0 Å². The minimum atomic E-state index is -3.64. The molecule has 0 radical (unpaired) electrons. The van der Waals surface area contributed by atoms with Crippen molar-refractivity contribution in [2.45, 2.75) is 24.8 Å². The minimum Gasteiger partial charge on any atom is -0.379 e. The summed E-state index contributed by atoms with van der Waals surface area (Å²) in [7, 11) is -3.64. The number of benzene rings is 2. The summed E-state index contributed by atoms with van der Waals surface area (Å²) in [5.41, 5.74) is 3.12. The molecule has 10 heteroatoms. The summed E-state index contributed by atoms with van der Waals surface area (Å²) < 4.78 is 33.7. The fourth-order valence-corrected chi connectivity index (χ4v) is 6.56. The zero-order chi connectivity index (χ0) is 25.1. The molecule has 4 aromatic rings. The molecule has 186 valence electrons. The first-order valence-electron chi connectivity index (χ1n) is 11.8. The maximum absolute atomic E-state index is 13.7. The molecular weight excluding hydrogens is 496 g/mol.